The third-order valence-corrected chi connectivity index (χ3v) is 4.35. The van der Waals surface area contributed by atoms with Gasteiger partial charge in [0.1, 0.15) is 11.6 Å². The molecular formula is C17H15FN2O2S. The number of halogens is 1. The largest absolute Gasteiger partial charge is 0.484 e. The number of benzene rings is 2. The van der Waals surface area contributed by atoms with Gasteiger partial charge in [0.15, 0.2) is 11.7 Å². The summed E-state index contributed by atoms with van der Waals surface area (Å²) < 4.78 is 19.5. The molecule has 0 unspecified atom stereocenters. The second kappa shape index (κ2) is 6.75. The Hall–Kier alpha value is -2.47. The van der Waals surface area contributed by atoms with Crippen LogP contribution in [-0.2, 0) is 4.79 Å². The molecule has 0 bridgehead atoms. The Morgan fingerprint density at radius 3 is 2.83 bits per heavy atom. The van der Waals surface area contributed by atoms with Gasteiger partial charge >= 0.3 is 0 Å². The van der Waals surface area contributed by atoms with Crippen molar-refractivity contribution in [1.82, 2.24) is 4.98 Å². The van der Waals surface area contributed by atoms with Crippen LogP contribution in [0.15, 0.2) is 48.5 Å². The second-order valence-electron chi connectivity index (χ2n) is 4.85. The maximum Gasteiger partial charge on any atom is 0.266 e. The lowest BCUT2D eigenvalue weighted by molar-refractivity contribution is -0.120. The average molecular weight is 330 g/mol. The zero-order valence-electron chi connectivity index (χ0n) is 12.5. The maximum atomic E-state index is 13.1. The highest BCUT2D eigenvalue weighted by Gasteiger charge is 2.18. The Bertz CT molecular complexity index is 801. The molecule has 118 valence electrons. The molecule has 0 atom stereocenters. The molecular weight excluding hydrogens is 315 g/mol. The minimum absolute atomic E-state index is 0.160. The van der Waals surface area contributed by atoms with Crippen molar-refractivity contribution in [3.05, 3.63) is 54.3 Å². The number of para-hydroxylation sites is 1. The topological polar surface area (TPSA) is 42.4 Å². The van der Waals surface area contributed by atoms with Crippen molar-refractivity contribution in [1.29, 1.82) is 0 Å². The fraction of sp³-hybridized carbons (Fsp3) is 0.176. The van der Waals surface area contributed by atoms with Crippen LogP contribution >= 0.6 is 11.3 Å². The fourth-order valence-corrected chi connectivity index (χ4v) is 3.22. The number of fused-ring (bicyclic) bond motifs is 1. The number of hydrogen-bond donors (Lipinski definition) is 0. The highest BCUT2D eigenvalue weighted by Crippen LogP contribution is 2.28. The van der Waals surface area contributed by atoms with E-state index in [1.807, 2.05) is 31.2 Å². The van der Waals surface area contributed by atoms with Crippen molar-refractivity contribution in [3.63, 3.8) is 0 Å². The summed E-state index contributed by atoms with van der Waals surface area (Å²) in [6.07, 6.45) is 0. The SMILES string of the molecule is CCN(C(=O)COc1cccc(F)c1)c1nc2ccccc2s1. The summed E-state index contributed by atoms with van der Waals surface area (Å²) >= 11 is 1.46. The normalized spacial score (nSPS) is 10.7. The first-order valence-corrected chi connectivity index (χ1v) is 8.03. The van der Waals surface area contributed by atoms with Crippen LogP contribution in [-0.4, -0.2) is 24.0 Å². The van der Waals surface area contributed by atoms with E-state index < -0.39 is 5.82 Å². The molecule has 0 N–H and O–H groups in total. The van der Waals surface area contributed by atoms with Gasteiger partial charge in [-0.25, -0.2) is 9.37 Å². The van der Waals surface area contributed by atoms with E-state index in [0.717, 1.165) is 10.2 Å². The van der Waals surface area contributed by atoms with Gasteiger partial charge in [0.05, 0.1) is 10.2 Å². The minimum atomic E-state index is -0.395. The summed E-state index contributed by atoms with van der Waals surface area (Å²) in [5.74, 6) is -0.275. The highest BCUT2D eigenvalue weighted by molar-refractivity contribution is 7.22. The van der Waals surface area contributed by atoms with Crippen LogP contribution in [0.1, 0.15) is 6.92 Å². The van der Waals surface area contributed by atoms with E-state index in [9.17, 15) is 9.18 Å². The molecule has 3 aromatic rings. The summed E-state index contributed by atoms with van der Waals surface area (Å²) in [6, 6.07) is 13.5. The van der Waals surface area contributed by atoms with Gasteiger partial charge in [0, 0.05) is 12.6 Å². The number of carbonyl (C=O) groups excluding carboxylic acids is 1. The van der Waals surface area contributed by atoms with Crippen LogP contribution in [0, 0.1) is 5.82 Å². The van der Waals surface area contributed by atoms with E-state index in [1.54, 1.807) is 17.0 Å². The van der Waals surface area contributed by atoms with E-state index in [0.29, 0.717) is 17.4 Å². The lowest BCUT2D eigenvalue weighted by atomic mass is 10.3. The van der Waals surface area contributed by atoms with Gasteiger partial charge in [-0.3, -0.25) is 9.69 Å². The molecule has 0 aliphatic carbocycles. The number of ether oxygens (including phenoxy) is 1. The van der Waals surface area contributed by atoms with E-state index in [-0.39, 0.29) is 12.5 Å². The lowest BCUT2D eigenvalue weighted by Gasteiger charge is -2.17. The molecule has 0 radical (unpaired) electrons. The van der Waals surface area contributed by atoms with Crippen molar-refractivity contribution in [2.24, 2.45) is 0 Å². The number of thiazole rings is 1. The smallest absolute Gasteiger partial charge is 0.266 e. The Morgan fingerprint density at radius 2 is 2.09 bits per heavy atom. The van der Waals surface area contributed by atoms with Crippen LogP contribution in [0.2, 0.25) is 0 Å². The molecule has 0 aliphatic rings. The number of aromatic nitrogens is 1. The first-order chi connectivity index (χ1) is 11.2. The molecule has 1 heterocycles. The third kappa shape index (κ3) is 3.48. The van der Waals surface area contributed by atoms with Gasteiger partial charge < -0.3 is 4.74 Å². The summed E-state index contributed by atoms with van der Waals surface area (Å²) in [7, 11) is 0. The van der Waals surface area contributed by atoms with Gasteiger partial charge in [0.2, 0.25) is 0 Å². The van der Waals surface area contributed by atoms with Crippen LogP contribution < -0.4 is 9.64 Å². The predicted molar refractivity (Wildman–Crippen MR) is 89.5 cm³/mol. The predicted octanol–water partition coefficient (Wildman–Crippen LogP) is 3.87. The van der Waals surface area contributed by atoms with E-state index in [2.05, 4.69) is 4.98 Å². The van der Waals surface area contributed by atoms with Crippen molar-refractivity contribution >= 4 is 32.6 Å². The molecule has 6 heteroatoms. The number of likely N-dealkylation sites (N-methyl/N-ethyl adjacent to an activating group) is 1. The highest BCUT2D eigenvalue weighted by atomic mass is 32.1. The summed E-state index contributed by atoms with van der Waals surface area (Å²) in [5, 5.41) is 0.640. The lowest BCUT2D eigenvalue weighted by Crippen LogP contribution is -2.34. The van der Waals surface area contributed by atoms with Crippen molar-refractivity contribution in [2.45, 2.75) is 6.92 Å². The van der Waals surface area contributed by atoms with Crippen molar-refractivity contribution in [3.8, 4) is 5.75 Å². The van der Waals surface area contributed by atoms with Gasteiger partial charge in [-0.1, -0.05) is 29.5 Å². The van der Waals surface area contributed by atoms with Crippen LogP contribution in [0.25, 0.3) is 10.2 Å². The summed E-state index contributed by atoms with van der Waals surface area (Å²) in [5.41, 5.74) is 0.866. The Labute approximate surface area is 137 Å². The average Bonchev–Trinajstić information content (AvgIpc) is 2.97. The number of amides is 1. The number of hydrogen-bond acceptors (Lipinski definition) is 4. The monoisotopic (exact) mass is 330 g/mol. The fourth-order valence-electron chi connectivity index (χ4n) is 2.17. The third-order valence-electron chi connectivity index (χ3n) is 3.29. The van der Waals surface area contributed by atoms with E-state index in [1.165, 1.54) is 23.5 Å². The summed E-state index contributed by atoms with van der Waals surface area (Å²) in [4.78, 5) is 18.4. The van der Waals surface area contributed by atoms with E-state index >= 15 is 0 Å². The zero-order chi connectivity index (χ0) is 16.2. The molecule has 4 nitrogen and oxygen atoms in total. The van der Waals surface area contributed by atoms with Crippen LogP contribution in [0.4, 0.5) is 9.52 Å². The van der Waals surface area contributed by atoms with Gasteiger partial charge in [-0.15, -0.1) is 0 Å². The summed E-state index contributed by atoms with van der Waals surface area (Å²) in [6.45, 7) is 2.21. The maximum absolute atomic E-state index is 13.1. The molecule has 23 heavy (non-hydrogen) atoms. The van der Waals surface area contributed by atoms with Crippen LogP contribution in [0.3, 0.4) is 0 Å². The molecule has 0 aliphatic heterocycles. The van der Waals surface area contributed by atoms with Gasteiger partial charge in [0.25, 0.3) is 5.91 Å². The Kier molecular flexibility index (Phi) is 4.52. The number of carbonyl (C=O) groups is 1. The first-order valence-electron chi connectivity index (χ1n) is 7.21. The van der Waals surface area contributed by atoms with Crippen molar-refractivity contribution in [2.75, 3.05) is 18.1 Å². The van der Waals surface area contributed by atoms with E-state index in [4.69, 9.17) is 4.74 Å². The number of anilines is 1. The van der Waals surface area contributed by atoms with Gasteiger partial charge in [-0.2, -0.15) is 0 Å². The molecule has 0 saturated carbocycles. The quantitative estimate of drug-likeness (QED) is 0.713. The van der Waals surface area contributed by atoms with Gasteiger partial charge in [-0.05, 0) is 31.2 Å². The number of rotatable bonds is 5. The van der Waals surface area contributed by atoms with Crippen molar-refractivity contribution < 1.29 is 13.9 Å². The Balaban J connectivity index is 1.73. The molecule has 1 aromatic heterocycles. The molecule has 3 rings (SSSR count). The number of nitrogens with zero attached hydrogens (tertiary/aromatic N) is 2. The standard InChI is InChI=1S/C17H15FN2O2S/c1-2-20(17-19-14-8-3-4-9-15(14)23-17)16(21)11-22-13-7-5-6-12(18)10-13/h3-10H,2,11H2,1H3. The Morgan fingerprint density at radius 1 is 1.26 bits per heavy atom. The first kappa shape index (κ1) is 15.4. The molecule has 0 saturated heterocycles. The molecule has 0 spiro atoms. The second-order valence-corrected chi connectivity index (χ2v) is 5.86. The molecule has 1 amide bonds. The minimum Gasteiger partial charge on any atom is -0.484 e. The van der Waals surface area contributed by atoms with Crippen LogP contribution in [0.5, 0.6) is 5.75 Å². The molecule has 0 fully saturated rings. The molecule has 2 aromatic carbocycles. The zero-order valence-corrected chi connectivity index (χ0v) is 13.3.